The van der Waals surface area contributed by atoms with E-state index in [1.54, 1.807) is 0 Å². The summed E-state index contributed by atoms with van der Waals surface area (Å²) in [7, 11) is 0. The SMILES string of the molecule is CCOC(C(C)C)C(O)CC1OCCc2ccccc21. The van der Waals surface area contributed by atoms with Gasteiger partial charge in [0.2, 0.25) is 0 Å². The van der Waals surface area contributed by atoms with Gasteiger partial charge in [-0.2, -0.15) is 0 Å². The fourth-order valence-electron chi connectivity index (χ4n) is 2.97. The van der Waals surface area contributed by atoms with Crippen molar-refractivity contribution in [3.63, 3.8) is 0 Å². The molecule has 1 aromatic rings. The lowest BCUT2D eigenvalue weighted by Gasteiger charge is -2.32. The highest BCUT2D eigenvalue weighted by molar-refractivity contribution is 5.31. The summed E-state index contributed by atoms with van der Waals surface area (Å²) < 4.78 is 11.6. The van der Waals surface area contributed by atoms with Gasteiger partial charge < -0.3 is 14.6 Å². The molecular weight excluding hydrogens is 252 g/mol. The predicted molar refractivity (Wildman–Crippen MR) is 79.7 cm³/mol. The first-order valence-corrected chi connectivity index (χ1v) is 7.62. The third-order valence-electron chi connectivity index (χ3n) is 3.94. The molecule has 1 heterocycles. The third-order valence-corrected chi connectivity index (χ3v) is 3.94. The maximum atomic E-state index is 10.5. The molecule has 1 N–H and O–H groups in total. The molecular formula is C17H26O3. The van der Waals surface area contributed by atoms with Gasteiger partial charge in [-0.25, -0.2) is 0 Å². The molecule has 3 nitrogen and oxygen atoms in total. The van der Waals surface area contributed by atoms with E-state index in [9.17, 15) is 5.11 Å². The molecule has 0 aliphatic carbocycles. The normalized spacial score (nSPS) is 21.6. The molecule has 0 saturated carbocycles. The number of hydrogen-bond acceptors (Lipinski definition) is 3. The molecule has 1 aromatic carbocycles. The summed E-state index contributed by atoms with van der Waals surface area (Å²) in [6.07, 6.45) is 0.919. The topological polar surface area (TPSA) is 38.7 Å². The van der Waals surface area contributed by atoms with Crippen molar-refractivity contribution in [3.8, 4) is 0 Å². The molecule has 20 heavy (non-hydrogen) atoms. The second kappa shape index (κ2) is 7.21. The lowest BCUT2D eigenvalue weighted by atomic mass is 9.90. The monoisotopic (exact) mass is 278 g/mol. The molecule has 112 valence electrons. The van der Waals surface area contributed by atoms with Crippen LogP contribution >= 0.6 is 0 Å². The fourth-order valence-corrected chi connectivity index (χ4v) is 2.97. The zero-order chi connectivity index (χ0) is 14.5. The summed E-state index contributed by atoms with van der Waals surface area (Å²) in [5.74, 6) is 0.295. The summed E-state index contributed by atoms with van der Waals surface area (Å²) in [6.45, 7) is 7.49. The van der Waals surface area contributed by atoms with Crippen molar-refractivity contribution in [3.05, 3.63) is 35.4 Å². The summed E-state index contributed by atoms with van der Waals surface area (Å²) in [4.78, 5) is 0. The molecule has 3 heteroatoms. The third kappa shape index (κ3) is 3.60. The fraction of sp³-hybridized carbons (Fsp3) is 0.647. The molecule has 0 saturated heterocycles. The first kappa shape index (κ1) is 15.5. The standard InChI is InChI=1S/C17H26O3/c1-4-19-17(12(2)3)15(18)11-16-14-8-6-5-7-13(14)9-10-20-16/h5-8,12,15-18H,4,9-11H2,1-3H3. The number of benzene rings is 1. The zero-order valence-electron chi connectivity index (χ0n) is 12.7. The van der Waals surface area contributed by atoms with Gasteiger partial charge in [-0.15, -0.1) is 0 Å². The van der Waals surface area contributed by atoms with E-state index in [0.717, 1.165) is 13.0 Å². The molecule has 3 atom stereocenters. The van der Waals surface area contributed by atoms with Gasteiger partial charge in [0.25, 0.3) is 0 Å². The molecule has 1 aliphatic rings. The minimum absolute atomic E-state index is 0.0170. The Balaban J connectivity index is 2.06. The van der Waals surface area contributed by atoms with Gasteiger partial charge in [-0.3, -0.25) is 0 Å². The molecule has 0 radical (unpaired) electrons. The van der Waals surface area contributed by atoms with Gasteiger partial charge in [0.15, 0.2) is 0 Å². The number of aliphatic hydroxyl groups excluding tert-OH is 1. The Kier molecular flexibility index (Phi) is 5.58. The van der Waals surface area contributed by atoms with Crippen LogP contribution in [0.15, 0.2) is 24.3 Å². The Morgan fingerprint density at radius 1 is 1.35 bits per heavy atom. The second-order valence-electron chi connectivity index (χ2n) is 5.78. The Bertz CT molecular complexity index is 416. The lowest BCUT2D eigenvalue weighted by molar-refractivity contribution is -0.0834. The van der Waals surface area contributed by atoms with Gasteiger partial charge in [0, 0.05) is 13.0 Å². The van der Waals surface area contributed by atoms with E-state index in [2.05, 4.69) is 32.0 Å². The molecule has 0 aromatic heterocycles. The Hall–Kier alpha value is -0.900. The van der Waals surface area contributed by atoms with Crippen molar-refractivity contribution < 1.29 is 14.6 Å². The molecule has 1 aliphatic heterocycles. The van der Waals surface area contributed by atoms with Crippen LogP contribution in [0.1, 0.15) is 44.4 Å². The van der Waals surface area contributed by atoms with Crippen molar-refractivity contribution >= 4 is 0 Å². The van der Waals surface area contributed by atoms with Gasteiger partial charge in [-0.1, -0.05) is 38.1 Å². The van der Waals surface area contributed by atoms with Crippen LogP contribution in [0.5, 0.6) is 0 Å². The first-order valence-electron chi connectivity index (χ1n) is 7.62. The molecule has 3 unspecified atom stereocenters. The van der Waals surface area contributed by atoms with E-state index in [1.165, 1.54) is 11.1 Å². The van der Waals surface area contributed by atoms with E-state index in [1.807, 2.05) is 13.0 Å². The minimum atomic E-state index is -0.494. The van der Waals surface area contributed by atoms with Gasteiger partial charge >= 0.3 is 0 Å². The molecule has 0 amide bonds. The van der Waals surface area contributed by atoms with Gasteiger partial charge in [0.1, 0.15) is 0 Å². The van der Waals surface area contributed by atoms with Crippen LogP contribution < -0.4 is 0 Å². The highest BCUT2D eigenvalue weighted by Gasteiger charge is 2.29. The van der Waals surface area contributed by atoms with Gasteiger partial charge in [0.05, 0.1) is 24.9 Å². The summed E-state index contributed by atoms with van der Waals surface area (Å²) in [5, 5.41) is 10.5. The van der Waals surface area contributed by atoms with Crippen LogP contribution in [0.3, 0.4) is 0 Å². The van der Waals surface area contributed by atoms with Crippen LogP contribution in [-0.2, 0) is 15.9 Å². The number of ether oxygens (including phenoxy) is 2. The van der Waals surface area contributed by atoms with Crippen LogP contribution in [0.4, 0.5) is 0 Å². The predicted octanol–water partition coefficient (Wildman–Crippen LogP) is 3.11. The van der Waals surface area contributed by atoms with Crippen molar-refractivity contribution in [1.29, 1.82) is 0 Å². The smallest absolute Gasteiger partial charge is 0.0857 e. The Morgan fingerprint density at radius 2 is 2.10 bits per heavy atom. The average molecular weight is 278 g/mol. The van der Waals surface area contributed by atoms with Gasteiger partial charge in [-0.05, 0) is 30.4 Å². The maximum Gasteiger partial charge on any atom is 0.0857 e. The number of aliphatic hydroxyl groups is 1. The summed E-state index contributed by atoms with van der Waals surface area (Å²) >= 11 is 0. The van der Waals surface area contributed by atoms with Crippen molar-refractivity contribution in [2.45, 2.75) is 51.9 Å². The largest absolute Gasteiger partial charge is 0.390 e. The molecule has 2 rings (SSSR count). The number of rotatable bonds is 6. The number of fused-ring (bicyclic) bond motifs is 1. The van der Waals surface area contributed by atoms with Crippen molar-refractivity contribution in [1.82, 2.24) is 0 Å². The zero-order valence-corrected chi connectivity index (χ0v) is 12.7. The van der Waals surface area contributed by atoms with E-state index in [0.29, 0.717) is 18.9 Å². The van der Waals surface area contributed by atoms with E-state index >= 15 is 0 Å². The molecule has 0 spiro atoms. The minimum Gasteiger partial charge on any atom is -0.390 e. The first-order chi connectivity index (χ1) is 9.63. The highest BCUT2D eigenvalue weighted by Crippen LogP contribution is 2.32. The van der Waals surface area contributed by atoms with Crippen LogP contribution in [-0.4, -0.2) is 30.5 Å². The van der Waals surface area contributed by atoms with Crippen LogP contribution in [0.25, 0.3) is 0 Å². The molecule has 0 fully saturated rings. The van der Waals surface area contributed by atoms with E-state index < -0.39 is 6.10 Å². The van der Waals surface area contributed by atoms with E-state index in [4.69, 9.17) is 9.47 Å². The Morgan fingerprint density at radius 3 is 2.80 bits per heavy atom. The van der Waals surface area contributed by atoms with Crippen LogP contribution in [0, 0.1) is 5.92 Å². The van der Waals surface area contributed by atoms with Crippen molar-refractivity contribution in [2.24, 2.45) is 5.92 Å². The lowest BCUT2D eigenvalue weighted by Crippen LogP contribution is -2.36. The summed E-state index contributed by atoms with van der Waals surface area (Å²) in [5.41, 5.74) is 2.56. The van der Waals surface area contributed by atoms with Crippen molar-refractivity contribution in [2.75, 3.05) is 13.2 Å². The Labute approximate surface area is 121 Å². The quantitative estimate of drug-likeness (QED) is 0.869. The summed E-state index contributed by atoms with van der Waals surface area (Å²) in [6, 6.07) is 8.36. The maximum absolute atomic E-state index is 10.5. The van der Waals surface area contributed by atoms with E-state index in [-0.39, 0.29) is 12.2 Å². The number of hydrogen-bond donors (Lipinski definition) is 1. The van der Waals surface area contributed by atoms with Crippen LogP contribution in [0.2, 0.25) is 0 Å². The highest BCUT2D eigenvalue weighted by atomic mass is 16.5. The second-order valence-corrected chi connectivity index (χ2v) is 5.78. The average Bonchev–Trinajstić information content (AvgIpc) is 2.44. The molecule has 0 bridgehead atoms.